The molecule has 0 aliphatic heterocycles. The molecule has 0 fully saturated rings. The lowest BCUT2D eigenvalue weighted by Gasteiger charge is -2.12. The highest BCUT2D eigenvalue weighted by Crippen LogP contribution is 2.22. The van der Waals surface area contributed by atoms with Gasteiger partial charge in [0.2, 0.25) is 5.69 Å². The molecule has 0 spiro atoms. The standard InChI is InChI=1S/C15H9Cl2N5O3/c1-18-10-6-20-22-13(10)21-11(12(23)15(22)25)14(24)19-5-7-2-3-8(16)9(17)4-7/h2-4,6,20,23H,5H2,(H,19,24)/p-1. The summed E-state index contributed by atoms with van der Waals surface area (Å²) in [5.41, 5.74) is -0.972. The Balaban J connectivity index is 1.91. The Morgan fingerprint density at radius 1 is 1.40 bits per heavy atom. The highest BCUT2D eigenvalue weighted by molar-refractivity contribution is 6.42. The molecule has 0 bridgehead atoms. The molecule has 3 aromatic rings. The number of aromatic amines is 1. The summed E-state index contributed by atoms with van der Waals surface area (Å²) in [4.78, 5) is 31.3. The Labute approximate surface area is 150 Å². The second kappa shape index (κ2) is 6.47. The molecule has 25 heavy (non-hydrogen) atoms. The van der Waals surface area contributed by atoms with E-state index in [9.17, 15) is 14.7 Å². The molecule has 8 nitrogen and oxygen atoms in total. The Morgan fingerprint density at radius 3 is 2.84 bits per heavy atom. The maximum atomic E-state index is 12.2. The minimum atomic E-state index is -1.07. The Morgan fingerprint density at radius 2 is 2.16 bits per heavy atom. The van der Waals surface area contributed by atoms with E-state index in [-0.39, 0.29) is 17.9 Å². The van der Waals surface area contributed by atoms with Crippen molar-refractivity contribution in [1.29, 1.82) is 0 Å². The molecule has 10 heteroatoms. The summed E-state index contributed by atoms with van der Waals surface area (Å²) in [6, 6.07) is 4.79. The molecular formula is C15H8Cl2N5O3-. The van der Waals surface area contributed by atoms with Gasteiger partial charge in [-0.1, -0.05) is 29.3 Å². The zero-order chi connectivity index (χ0) is 18.1. The van der Waals surface area contributed by atoms with Crippen LogP contribution in [-0.4, -0.2) is 20.5 Å². The minimum absolute atomic E-state index is 0.0237. The molecule has 2 aromatic heterocycles. The fraction of sp³-hybridized carbons (Fsp3) is 0.0667. The number of hydrogen-bond donors (Lipinski definition) is 2. The topological polar surface area (TPSA) is 107 Å². The molecule has 126 valence electrons. The van der Waals surface area contributed by atoms with Gasteiger partial charge < -0.3 is 15.5 Å². The van der Waals surface area contributed by atoms with E-state index in [1.165, 1.54) is 6.20 Å². The maximum Gasteiger partial charge on any atom is 0.269 e. The summed E-state index contributed by atoms with van der Waals surface area (Å²) in [6.07, 6.45) is 1.23. The number of rotatable bonds is 3. The fourth-order valence-electron chi connectivity index (χ4n) is 2.14. The minimum Gasteiger partial charge on any atom is -0.867 e. The molecule has 0 aliphatic rings. The van der Waals surface area contributed by atoms with E-state index in [0.717, 1.165) is 4.52 Å². The van der Waals surface area contributed by atoms with Gasteiger partial charge in [0.25, 0.3) is 11.5 Å². The monoisotopic (exact) mass is 376 g/mol. The molecule has 0 radical (unpaired) electrons. The van der Waals surface area contributed by atoms with Crippen molar-refractivity contribution in [3.8, 4) is 5.75 Å². The summed E-state index contributed by atoms with van der Waals surface area (Å²) in [6.45, 7) is 7.08. The molecule has 1 amide bonds. The first-order valence-electron chi connectivity index (χ1n) is 6.83. The van der Waals surface area contributed by atoms with Gasteiger partial charge in [-0.05, 0) is 23.4 Å². The molecule has 1 aromatic carbocycles. The average Bonchev–Trinajstić information content (AvgIpc) is 3.02. The molecule has 0 atom stereocenters. The smallest absolute Gasteiger partial charge is 0.269 e. The number of fused-ring (bicyclic) bond motifs is 1. The van der Waals surface area contributed by atoms with Gasteiger partial charge in [-0.2, -0.15) is 0 Å². The molecule has 0 saturated heterocycles. The molecule has 0 saturated carbocycles. The van der Waals surface area contributed by atoms with Crippen LogP contribution in [0.3, 0.4) is 0 Å². The van der Waals surface area contributed by atoms with Crippen LogP contribution in [0.2, 0.25) is 10.0 Å². The van der Waals surface area contributed by atoms with Gasteiger partial charge >= 0.3 is 0 Å². The van der Waals surface area contributed by atoms with Crippen LogP contribution in [0, 0.1) is 6.57 Å². The lowest BCUT2D eigenvalue weighted by Crippen LogP contribution is -2.30. The largest absolute Gasteiger partial charge is 0.867 e. The number of halogens is 2. The van der Waals surface area contributed by atoms with Crippen molar-refractivity contribution in [2.75, 3.05) is 0 Å². The molecule has 0 unspecified atom stereocenters. The van der Waals surface area contributed by atoms with Crippen molar-refractivity contribution in [2.45, 2.75) is 6.54 Å². The van der Waals surface area contributed by atoms with Crippen LogP contribution < -0.4 is 16.0 Å². The van der Waals surface area contributed by atoms with Crippen LogP contribution in [-0.2, 0) is 6.54 Å². The highest BCUT2D eigenvalue weighted by atomic mass is 35.5. The fourth-order valence-corrected chi connectivity index (χ4v) is 2.46. The van der Waals surface area contributed by atoms with Crippen LogP contribution in [0.25, 0.3) is 10.5 Å². The molecule has 2 heterocycles. The number of nitrogens with zero attached hydrogens (tertiary/aromatic N) is 3. The second-order valence-corrected chi connectivity index (χ2v) is 5.77. The van der Waals surface area contributed by atoms with Crippen molar-refractivity contribution in [3.05, 3.63) is 67.5 Å². The van der Waals surface area contributed by atoms with E-state index in [2.05, 4.69) is 20.2 Å². The number of benzene rings is 1. The number of hydrogen-bond acceptors (Lipinski definition) is 4. The van der Waals surface area contributed by atoms with Gasteiger partial charge in [-0.15, -0.1) is 0 Å². The van der Waals surface area contributed by atoms with Gasteiger partial charge in [0.15, 0.2) is 5.65 Å². The van der Waals surface area contributed by atoms with Crippen LogP contribution in [0.5, 0.6) is 5.75 Å². The van der Waals surface area contributed by atoms with Crippen LogP contribution >= 0.6 is 23.2 Å². The molecular weight excluding hydrogens is 369 g/mol. The third-order valence-corrected chi connectivity index (χ3v) is 4.11. The van der Waals surface area contributed by atoms with Crippen molar-refractivity contribution < 1.29 is 9.90 Å². The predicted octanol–water partition coefficient (Wildman–Crippen LogP) is 1.88. The molecule has 2 N–H and O–H groups in total. The van der Waals surface area contributed by atoms with Crippen molar-refractivity contribution in [3.63, 3.8) is 0 Å². The van der Waals surface area contributed by atoms with E-state index < -0.39 is 22.9 Å². The summed E-state index contributed by atoms with van der Waals surface area (Å²) in [5.74, 6) is -1.89. The van der Waals surface area contributed by atoms with Crippen LogP contribution in [0.1, 0.15) is 16.1 Å². The number of nitrogens with one attached hydrogen (secondary N) is 2. The van der Waals surface area contributed by atoms with E-state index in [1.54, 1.807) is 18.2 Å². The molecule has 3 rings (SSSR count). The Hall–Kier alpha value is -3.02. The van der Waals surface area contributed by atoms with Crippen molar-refractivity contribution >= 4 is 40.4 Å². The van der Waals surface area contributed by atoms with E-state index in [1.807, 2.05) is 0 Å². The molecule has 0 aliphatic carbocycles. The van der Waals surface area contributed by atoms with Crippen LogP contribution in [0.4, 0.5) is 5.69 Å². The number of H-pyrrole nitrogens is 1. The van der Waals surface area contributed by atoms with E-state index in [4.69, 9.17) is 29.8 Å². The maximum absolute atomic E-state index is 12.2. The van der Waals surface area contributed by atoms with Crippen LogP contribution in [0.15, 0.2) is 29.2 Å². The number of aromatic nitrogens is 3. The van der Waals surface area contributed by atoms with Gasteiger partial charge in [0.05, 0.1) is 16.6 Å². The summed E-state index contributed by atoms with van der Waals surface area (Å²) in [7, 11) is 0. The quantitative estimate of drug-likeness (QED) is 0.680. The zero-order valence-electron chi connectivity index (χ0n) is 12.3. The average molecular weight is 377 g/mol. The number of carbonyl (C=O) groups is 1. The van der Waals surface area contributed by atoms with Gasteiger partial charge in [0, 0.05) is 12.7 Å². The zero-order valence-corrected chi connectivity index (χ0v) is 13.9. The van der Waals surface area contributed by atoms with Gasteiger partial charge in [-0.3, -0.25) is 9.59 Å². The third-order valence-electron chi connectivity index (χ3n) is 3.37. The Bertz CT molecular complexity index is 1100. The third kappa shape index (κ3) is 3.03. The summed E-state index contributed by atoms with van der Waals surface area (Å²) >= 11 is 11.7. The summed E-state index contributed by atoms with van der Waals surface area (Å²) < 4.78 is 0.825. The summed E-state index contributed by atoms with van der Waals surface area (Å²) in [5, 5.41) is 17.7. The lowest BCUT2D eigenvalue weighted by atomic mass is 10.2. The SMILES string of the molecule is [C-]#[N+]c1c[nH]n2c(=O)c([O-])c(C(=O)NCc3ccc(Cl)c(Cl)c3)nc12. The van der Waals surface area contributed by atoms with E-state index >= 15 is 0 Å². The lowest BCUT2D eigenvalue weighted by molar-refractivity contribution is -0.271. The predicted molar refractivity (Wildman–Crippen MR) is 89.2 cm³/mol. The number of carbonyl (C=O) groups excluding carboxylic acids is 1. The number of amides is 1. The Kier molecular flexibility index (Phi) is 4.35. The second-order valence-electron chi connectivity index (χ2n) is 4.96. The van der Waals surface area contributed by atoms with Crippen molar-refractivity contribution in [2.24, 2.45) is 0 Å². The van der Waals surface area contributed by atoms with E-state index in [0.29, 0.717) is 15.6 Å². The first kappa shape index (κ1) is 16.8. The highest BCUT2D eigenvalue weighted by Gasteiger charge is 2.16. The first-order chi connectivity index (χ1) is 11.9. The normalized spacial score (nSPS) is 10.6. The van der Waals surface area contributed by atoms with Gasteiger partial charge in [0.1, 0.15) is 5.69 Å². The van der Waals surface area contributed by atoms with Crippen molar-refractivity contribution in [1.82, 2.24) is 19.9 Å². The first-order valence-corrected chi connectivity index (χ1v) is 7.58. The van der Waals surface area contributed by atoms with Gasteiger partial charge in [-0.25, -0.2) is 14.3 Å².